The summed E-state index contributed by atoms with van der Waals surface area (Å²) in [6.07, 6.45) is 2.54. The van der Waals surface area contributed by atoms with Crippen LogP contribution in [0.5, 0.6) is 0 Å². The molecule has 0 spiro atoms. The van der Waals surface area contributed by atoms with E-state index in [1.54, 1.807) is 6.26 Å². The SMILES string of the molecule is Cc1occc1-c1nc(N)cc(CC(C)C)n1. The lowest BCUT2D eigenvalue weighted by atomic mass is 10.1. The number of nitrogens with zero attached hydrogens (tertiary/aromatic N) is 2. The molecule has 2 aromatic rings. The molecule has 0 aromatic carbocycles. The molecule has 0 aliphatic heterocycles. The van der Waals surface area contributed by atoms with E-state index in [4.69, 9.17) is 10.2 Å². The Morgan fingerprint density at radius 1 is 1.35 bits per heavy atom. The van der Waals surface area contributed by atoms with Crippen molar-refractivity contribution in [3.8, 4) is 11.4 Å². The molecule has 0 radical (unpaired) electrons. The molecule has 0 aliphatic rings. The Hall–Kier alpha value is -1.84. The molecule has 2 heterocycles. The first-order valence-electron chi connectivity index (χ1n) is 5.74. The van der Waals surface area contributed by atoms with Gasteiger partial charge in [-0.1, -0.05) is 13.8 Å². The van der Waals surface area contributed by atoms with Gasteiger partial charge in [-0.25, -0.2) is 9.97 Å². The Bertz CT molecular complexity index is 517. The Kier molecular flexibility index (Phi) is 3.13. The molecule has 0 unspecified atom stereocenters. The third-order valence-corrected chi connectivity index (χ3v) is 2.52. The summed E-state index contributed by atoms with van der Waals surface area (Å²) in [5.74, 6) is 2.51. The molecule has 0 amide bonds. The maximum Gasteiger partial charge on any atom is 0.165 e. The van der Waals surface area contributed by atoms with Crippen molar-refractivity contribution < 1.29 is 4.42 Å². The predicted octanol–water partition coefficient (Wildman–Crippen LogP) is 2.83. The van der Waals surface area contributed by atoms with Crippen LogP contribution in [0, 0.1) is 12.8 Å². The minimum Gasteiger partial charge on any atom is -0.469 e. The van der Waals surface area contributed by atoms with E-state index in [0.29, 0.717) is 17.6 Å². The number of furan rings is 1. The summed E-state index contributed by atoms with van der Waals surface area (Å²) >= 11 is 0. The van der Waals surface area contributed by atoms with Crippen LogP contribution in [0.25, 0.3) is 11.4 Å². The third kappa shape index (κ3) is 2.64. The maximum absolute atomic E-state index is 5.81. The summed E-state index contributed by atoms with van der Waals surface area (Å²) in [5, 5.41) is 0. The van der Waals surface area contributed by atoms with Gasteiger partial charge in [0.25, 0.3) is 0 Å². The second kappa shape index (κ2) is 4.57. The summed E-state index contributed by atoms with van der Waals surface area (Å²) in [6, 6.07) is 3.70. The number of rotatable bonds is 3. The van der Waals surface area contributed by atoms with E-state index < -0.39 is 0 Å². The van der Waals surface area contributed by atoms with Gasteiger partial charge in [-0.15, -0.1) is 0 Å². The highest BCUT2D eigenvalue weighted by Crippen LogP contribution is 2.22. The molecule has 17 heavy (non-hydrogen) atoms. The van der Waals surface area contributed by atoms with Crippen LogP contribution in [0.4, 0.5) is 5.82 Å². The zero-order valence-corrected chi connectivity index (χ0v) is 10.4. The second-order valence-corrected chi connectivity index (χ2v) is 4.60. The van der Waals surface area contributed by atoms with Gasteiger partial charge in [-0.05, 0) is 25.3 Å². The minimum atomic E-state index is 0.506. The van der Waals surface area contributed by atoms with Gasteiger partial charge < -0.3 is 10.2 Å². The topological polar surface area (TPSA) is 64.9 Å². The molecule has 0 aliphatic carbocycles. The summed E-state index contributed by atoms with van der Waals surface area (Å²) < 4.78 is 5.26. The monoisotopic (exact) mass is 231 g/mol. The zero-order chi connectivity index (χ0) is 12.4. The van der Waals surface area contributed by atoms with E-state index in [0.717, 1.165) is 23.4 Å². The van der Waals surface area contributed by atoms with E-state index in [-0.39, 0.29) is 0 Å². The highest BCUT2D eigenvalue weighted by molar-refractivity contribution is 5.58. The molecular formula is C13H17N3O. The fraction of sp³-hybridized carbons (Fsp3) is 0.385. The number of anilines is 1. The third-order valence-electron chi connectivity index (χ3n) is 2.52. The number of nitrogens with two attached hydrogens (primary N) is 1. The first kappa shape index (κ1) is 11.6. The molecule has 0 fully saturated rings. The Labute approximate surface area is 101 Å². The molecule has 0 bridgehead atoms. The van der Waals surface area contributed by atoms with Crippen molar-refractivity contribution in [2.45, 2.75) is 27.2 Å². The molecule has 2 N–H and O–H groups in total. The molecule has 0 atom stereocenters. The summed E-state index contributed by atoms with van der Waals surface area (Å²) in [4.78, 5) is 8.78. The van der Waals surface area contributed by atoms with Crippen molar-refractivity contribution in [1.29, 1.82) is 0 Å². The van der Waals surface area contributed by atoms with Crippen LogP contribution in [0.3, 0.4) is 0 Å². The quantitative estimate of drug-likeness (QED) is 0.882. The number of hydrogen-bond acceptors (Lipinski definition) is 4. The first-order chi connectivity index (χ1) is 8.06. The normalized spacial score (nSPS) is 11.1. The van der Waals surface area contributed by atoms with E-state index in [1.807, 2.05) is 19.1 Å². The van der Waals surface area contributed by atoms with Crippen molar-refractivity contribution >= 4 is 5.82 Å². The second-order valence-electron chi connectivity index (χ2n) is 4.60. The largest absolute Gasteiger partial charge is 0.469 e. The molecule has 0 saturated heterocycles. The maximum atomic E-state index is 5.81. The van der Waals surface area contributed by atoms with Gasteiger partial charge in [0.2, 0.25) is 0 Å². The van der Waals surface area contributed by atoms with Crippen molar-refractivity contribution in [2.24, 2.45) is 5.92 Å². The smallest absolute Gasteiger partial charge is 0.165 e. The van der Waals surface area contributed by atoms with Gasteiger partial charge in [-0.3, -0.25) is 0 Å². The van der Waals surface area contributed by atoms with Crippen molar-refractivity contribution in [2.75, 3.05) is 5.73 Å². The van der Waals surface area contributed by atoms with Crippen LogP contribution in [0.2, 0.25) is 0 Å². The average molecular weight is 231 g/mol. The summed E-state index contributed by atoms with van der Waals surface area (Å²) in [5.41, 5.74) is 7.69. The molecular weight excluding hydrogens is 214 g/mol. The molecule has 2 rings (SSSR count). The molecule has 90 valence electrons. The van der Waals surface area contributed by atoms with Gasteiger partial charge in [0.1, 0.15) is 11.6 Å². The summed E-state index contributed by atoms with van der Waals surface area (Å²) in [6.45, 7) is 6.20. The van der Waals surface area contributed by atoms with Gasteiger partial charge in [0, 0.05) is 11.8 Å². The Morgan fingerprint density at radius 3 is 2.71 bits per heavy atom. The van der Waals surface area contributed by atoms with Crippen LogP contribution in [-0.4, -0.2) is 9.97 Å². The first-order valence-corrected chi connectivity index (χ1v) is 5.74. The highest BCUT2D eigenvalue weighted by atomic mass is 16.3. The lowest BCUT2D eigenvalue weighted by molar-refractivity contribution is 0.535. The standard InChI is InChI=1S/C13H17N3O/c1-8(2)6-10-7-12(14)16-13(15-10)11-4-5-17-9(11)3/h4-5,7-8H,6H2,1-3H3,(H2,14,15,16). The molecule has 2 aromatic heterocycles. The average Bonchev–Trinajstić information content (AvgIpc) is 2.62. The van der Waals surface area contributed by atoms with E-state index in [1.165, 1.54) is 0 Å². The Balaban J connectivity index is 2.42. The Morgan fingerprint density at radius 2 is 2.12 bits per heavy atom. The molecule has 0 saturated carbocycles. The number of aromatic nitrogens is 2. The highest BCUT2D eigenvalue weighted by Gasteiger charge is 2.10. The van der Waals surface area contributed by atoms with Crippen LogP contribution in [0.1, 0.15) is 25.3 Å². The van der Waals surface area contributed by atoms with Gasteiger partial charge >= 0.3 is 0 Å². The van der Waals surface area contributed by atoms with Crippen LogP contribution >= 0.6 is 0 Å². The molecule has 4 heteroatoms. The van der Waals surface area contributed by atoms with E-state index in [2.05, 4.69) is 23.8 Å². The predicted molar refractivity (Wildman–Crippen MR) is 67.4 cm³/mol. The number of aryl methyl sites for hydroxylation is 1. The lowest BCUT2D eigenvalue weighted by Crippen LogP contribution is -2.03. The van der Waals surface area contributed by atoms with Crippen molar-refractivity contribution in [3.63, 3.8) is 0 Å². The fourth-order valence-electron chi connectivity index (χ4n) is 1.78. The van der Waals surface area contributed by atoms with Gasteiger partial charge in [0.05, 0.1) is 11.8 Å². The van der Waals surface area contributed by atoms with E-state index in [9.17, 15) is 0 Å². The van der Waals surface area contributed by atoms with Crippen LogP contribution < -0.4 is 5.73 Å². The fourth-order valence-corrected chi connectivity index (χ4v) is 1.78. The van der Waals surface area contributed by atoms with Crippen molar-refractivity contribution in [3.05, 3.63) is 29.9 Å². The lowest BCUT2D eigenvalue weighted by Gasteiger charge is -2.07. The van der Waals surface area contributed by atoms with Crippen LogP contribution in [-0.2, 0) is 6.42 Å². The van der Waals surface area contributed by atoms with E-state index >= 15 is 0 Å². The number of hydrogen-bond donors (Lipinski definition) is 1. The van der Waals surface area contributed by atoms with Gasteiger partial charge in [-0.2, -0.15) is 0 Å². The number of nitrogen functional groups attached to an aromatic ring is 1. The zero-order valence-electron chi connectivity index (χ0n) is 10.4. The molecule has 4 nitrogen and oxygen atoms in total. The van der Waals surface area contributed by atoms with Gasteiger partial charge in [0.15, 0.2) is 5.82 Å². The summed E-state index contributed by atoms with van der Waals surface area (Å²) in [7, 11) is 0. The van der Waals surface area contributed by atoms with Crippen molar-refractivity contribution in [1.82, 2.24) is 9.97 Å². The minimum absolute atomic E-state index is 0.506. The van der Waals surface area contributed by atoms with Crippen LogP contribution in [0.15, 0.2) is 22.8 Å².